The maximum atomic E-state index is 8.04. The van der Waals surface area contributed by atoms with Crippen molar-refractivity contribution < 1.29 is 0 Å². The molecule has 1 N–H and O–H groups in total. The van der Waals surface area contributed by atoms with Gasteiger partial charge in [0, 0.05) is 11.6 Å². The molecule has 1 aliphatic carbocycles. The van der Waals surface area contributed by atoms with E-state index in [-0.39, 0.29) is 11.3 Å². The van der Waals surface area contributed by atoms with Gasteiger partial charge in [-0.05, 0) is 29.0 Å². The molecule has 0 saturated heterocycles. The molecule has 1 unspecified atom stereocenters. The number of nitrogens with one attached hydrogen (secondary N) is 1. The van der Waals surface area contributed by atoms with Gasteiger partial charge in [0.05, 0.1) is 0 Å². The van der Waals surface area contributed by atoms with E-state index in [4.69, 9.17) is 5.41 Å². The Morgan fingerprint density at radius 1 is 1.06 bits per heavy atom. The highest BCUT2D eigenvalue weighted by Crippen LogP contribution is 2.32. The van der Waals surface area contributed by atoms with Crippen LogP contribution in [0.3, 0.4) is 0 Å². The molecule has 0 fully saturated rings. The largest absolute Gasteiger partial charge is 0.305 e. The summed E-state index contributed by atoms with van der Waals surface area (Å²) in [4.78, 5) is 0. The number of hydrogen-bond acceptors (Lipinski definition) is 1. The Labute approximate surface area is 110 Å². The van der Waals surface area contributed by atoms with Crippen molar-refractivity contribution >= 4 is 5.71 Å². The van der Waals surface area contributed by atoms with Crippen LogP contribution in [0.1, 0.15) is 26.3 Å². The van der Waals surface area contributed by atoms with Gasteiger partial charge in [-0.3, -0.25) is 0 Å². The molecular weight excluding hydrogens is 218 g/mol. The monoisotopic (exact) mass is 239 g/mol. The molecule has 94 valence electrons. The summed E-state index contributed by atoms with van der Waals surface area (Å²) < 4.78 is 0. The number of allylic oxidation sites excluding steroid dienone is 4. The minimum absolute atomic E-state index is 0.115. The summed E-state index contributed by atoms with van der Waals surface area (Å²) in [5, 5.41) is 8.04. The van der Waals surface area contributed by atoms with Crippen molar-refractivity contribution in [3.8, 4) is 0 Å². The fraction of sp³-hybridized carbons (Fsp3) is 0.353. The lowest BCUT2D eigenvalue weighted by atomic mass is 9.74. The van der Waals surface area contributed by atoms with Crippen molar-refractivity contribution in [1.82, 2.24) is 0 Å². The minimum Gasteiger partial charge on any atom is -0.305 e. The topological polar surface area (TPSA) is 23.9 Å². The van der Waals surface area contributed by atoms with Gasteiger partial charge in [0.25, 0.3) is 0 Å². The molecule has 1 atom stereocenters. The van der Waals surface area contributed by atoms with Crippen LogP contribution in [-0.4, -0.2) is 5.71 Å². The Bertz CT molecular complexity index is 486. The summed E-state index contributed by atoms with van der Waals surface area (Å²) in [6.45, 7) is 6.59. The molecule has 0 radical (unpaired) electrons. The second-order valence-electron chi connectivity index (χ2n) is 6.04. The van der Waals surface area contributed by atoms with Crippen molar-refractivity contribution in [1.29, 1.82) is 5.41 Å². The third-order valence-corrected chi connectivity index (χ3v) is 3.38. The van der Waals surface area contributed by atoms with Gasteiger partial charge < -0.3 is 5.41 Å². The molecule has 0 spiro atoms. The van der Waals surface area contributed by atoms with E-state index in [1.807, 2.05) is 12.1 Å². The van der Waals surface area contributed by atoms with Crippen LogP contribution in [0.5, 0.6) is 0 Å². The van der Waals surface area contributed by atoms with E-state index in [9.17, 15) is 0 Å². The molecule has 0 aromatic heterocycles. The minimum atomic E-state index is 0.115. The van der Waals surface area contributed by atoms with E-state index in [1.165, 1.54) is 11.1 Å². The fourth-order valence-electron chi connectivity index (χ4n) is 2.33. The SMILES string of the molecule is CC(C)(C)C1C=C(Cc2ccccc2)C=CC1=N. The highest BCUT2D eigenvalue weighted by Gasteiger charge is 2.27. The van der Waals surface area contributed by atoms with Crippen molar-refractivity contribution in [3.63, 3.8) is 0 Å². The fourth-order valence-corrected chi connectivity index (χ4v) is 2.33. The van der Waals surface area contributed by atoms with Crippen LogP contribution in [-0.2, 0) is 6.42 Å². The van der Waals surface area contributed by atoms with Gasteiger partial charge in [0.15, 0.2) is 0 Å². The molecule has 0 aliphatic heterocycles. The predicted molar refractivity (Wildman–Crippen MR) is 78.0 cm³/mol. The molecular formula is C17H21N. The molecule has 0 heterocycles. The van der Waals surface area contributed by atoms with Crippen molar-refractivity contribution in [3.05, 3.63) is 59.7 Å². The van der Waals surface area contributed by atoms with Crippen LogP contribution in [0.25, 0.3) is 0 Å². The maximum Gasteiger partial charge on any atom is 0.0388 e. The normalized spacial score (nSPS) is 19.8. The van der Waals surface area contributed by atoms with E-state index in [0.717, 1.165) is 12.1 Å². The summed E-state index contributed by atoms with van der Waals surface area (Å²) in [5.74, 6) is 0.223. The Morgan fingerprint density at radius 3 is 2.33 bits per heavy atom. The van der Waals surface area contributed by atoms with Gasteiger partial charge >= 0.3 is 0 Å². The zero-order valence-electron chi connectivity index (χ0n) is 11.4. The third-order valence-electron chi connectivity index (χ3n) is 3.38. The first-order chi connectivity index (χ1) is 8.47. The highest BCUT2D eigenvalue weighted by atomic mass is 14.5. The quantitative estimate of drug-likeness (QED) is 0.790. The van der Waals surface area contributed by atoms with Crippen molar-refractivity contribution in [2.24, 2.45) is 11.3 Å². The van der Waals surface area contributed by atoms with Crippen molar-refractivity contribution in [2.45, 2.75) is 27.2 Å². The van der Waals surface area contributed by atoms with E-state index in [1.54, 1.807) is 0 Å². The molecule has 0 bridgehead atoms. The Hall–Kier alpha value is -1.63. The van der Waals surface area contributed by atoms with E-state index < -0.39 is 0 Å². The zero-order chi connectivity index (χ0) is 13.2. The zero-order valence-corrected chi connectivity index (χ0v) is 11.4. The average molecular weight is 239 g/mol. The van der Waals surface area contributed by atoms with Crippen LogP contribution >= 0.6 is 0 Å². The van der Waals surface area contributed by atoms with E-state index in [0.29, 0.717) is 0 Å². The lowest BCUT2D eigenvalue weighted by Crippen LogP contribution is -2.27. The summed E-state index contributed by atoms with van der Waals surface area (Å²) in [7, 11) is 0. The van der Waals surface area contributed by atoms with Gasteiger partial charge in [-0.2, -0.15) is 0 Å². The molecule has 1 heteroatoms. The van der Waals surface area contributed by atoms with Gasteiger partial charge in [0.1, 0.15) is 0 Å². The lowest BCUT2D eigenvalue weighted by Gasteiger charge is -2.30. The summed E-state index contributed by atoms with van der Waals surface area (Å²) in [6, 6.07) is 10.5. The third kappa shape index (κ3) is 2.98. The second-order valence-corrected chi connectivity index (χ2v) is 6.04. The van der Waals surface area contributed by atoms with E-state index >= 15 is 0 Å². The van der Waals surface area contributed by atoms with Gasteiger partial charge in [-0.1, -0.05) is 63.3 Å². The molecule has 0 amide bonds. The Balaban J connectivity index is 2.19. The van der Waals surface area contributed by atoms with Crippen molar-refractivity contribution in [2.75, 3.05) is 0 Å². The number of benzene rings is 1. The van der Waals surface area contributed by atoms with Gasteiger partial charge in [-0.15, -0.1) is 0 Å². The number of hydrogen-bond donors (Lipinski definition) is 1. The van der Waals surface area contributed by atoms with E-state index in [2.05, 4.69) is 57.2 Å². The molecule has 0 saturated carbocycles. The molecule has 2 rings (SSSR count). The first-order valence-corrected chi connectivity index (χ1v) is 6.48. The molecule has 1 aromatic rings. The van der Waals surface area contributed by atoms with Crippen LogP contribution in [0.15, 0.2) is 54.1 Å². The molecule has 18 heavy (non-hydrogen) atoms. The average Bonchev–Trinajstić information content (AvgIpc) is 2.31. The Morgan fingerprint density at radius 2 is 1.72 bits per heavy atom. The van der Waals surface area contributed by atoms with Crippen LogP contribution in [0.2, 0.25) is 0 Å². The predicted octanol–water partition coefficient (Wildman–Crippen LogP) is 4.41. The molecule has 1 aromatic carbocycles. The molecule has 1 nitrogen and oxygen atoms in total. The number of rotatable bonds is 2. The summed E-state index contributed by atoms with van der Waals surface area (Å²) >= 11 is 0. The standard InChI is InChI=1S/C17H21N/c1-17(2,3)15-12-14(9-10-16(15)18)11-13-7-5-4-6-8-13/h4-10,12,15,18H,11H2,1-3H3. The molecule has 1 aliphatic rings. The highest BCUT2D eigenvalue weighted by molar-refractivity contribution is 5.97. The summed E-state index contributed by atoms with van der Waals surface area (Å²) in [5.41, 5.74) is 3.48. The Kier molecular flexibility index (Phi) is 3.51. The first-order valence-electron chi connectivity index (χ1n) is 6.48. The second kappa shape index (κ2) is 4.93. The summed E-state index contributed by atoms with van der Waals surface area (Å²) in [6.07, 6.45) is 7.25. The lowest BCUT2D eigenvalue weighted by molar-refractivity contribution is 0.359. The first kappa shape index (κ1) is 12.8. The van der Waals surface area contributed by atoms with Crippen LogP contribution < -0.4 is 0 Å². The maximum absolute atomic E-state index is 8.04. The van der Waals surface area contributed by atoms with Gasteiger partial charge in [-0.25, -0.2) is 0 Å². The van der Waals surface area contributed by atoms with Crippen LogP contribution in [0.4, 0.5) is 0 Å². The van der Waals surface area contributed by atoms with Crippen LogP contribution in [0, 0.1) is 16.7 Å². The van der Waals surface area contributed by atoms with Gasteiger partial charge in [0.2, 0.25) is 0 Å². The smallest absolute Gasteiger partial charge is 0.0388 e.